The third-order valence-electron chi connectivity index (χ3n) is 12.3. The second kappa shape index (κ2) is 13.9. The van der Waals surface area contributed by atoms with Crippen molar-refractivity contribution < 1.29 is 0 Å². The summed E-state index contributed by atoms with van der Waals surface area (Å²) in [7, 11) is 0. The molecule has 60 heavy (non-hydrogen) atoms. The molecule has 0 aliphatic rings. The molecule has 0 saturated heterocycles. The number of aromatic nitrogens is 2. The van der Waals surface area contributed by atoms with E-state index in [4.69, 9.17) is 0 Å². The number of nitrogens with zero attached hydrogens (tertiary/aromatic N) is 2. The predicted molar refractivity (Wildman–Crippen MR) is 254 cm³/mol. The molecule has 0 fully saturated rings. The molecule has 2 heteroatoms. The molecule has 10 aromatic carbocycles. The fraction of sp³-hybridized carbons (Fsp3) is 0. The summed E-state index contributed by atoms with van der Waals surface area (Å²) in [4.78, 5) is 0. The van der Waals surface area contributed by atoms with Crippen LogP contribution in [-0.2, 0) is 0 Å². The van der Waals surface area contributed by atoms with Crippen molar-refractivity contribution in [3.05, 3.63) is 231 Å². The Labute approximate surface area is 348 Å². The van der Waals surface area contributed by atoms with Gasteiger partial charge in [-0.25, -0.2) is 0 Å². The number of fused-ring (bicyclic) bond motifs is 7. The number of benzene rings is 10. The largest absolute Gasteiger partial charge is 0.309 e. The van der Waals surface area contributed by atoms with E-state index in [0.717, 1.165) is 0 Å². The van der Waals surface area contributed by atoms with Gasteiger partial charge < -0.3 is 9.13 Å². The summed E-state index contributed by atoms with van der Waals surface area (Å²) in [5.74, 6) is 0. The molecule has 2 heterocycles. The van der Waals surface area contributed by atoms with E-state index in [9.17, 15) is 0 Å². The molecular weight excluding hydrogens is 725 g/mol. The Bertz CT molecular complexity index is 3350. The number of para-hydroxylation sites is 4. The minimum absolute atomic E-state index is 1.17. The minimum Gasteiger partial charge on any atom is -0.309 e. The highest BCUT2D eigenvalue weighted by molar-refractivity contribution is 6.11. The van der Waals surface area contributed by atoms with Crippen LogP contribution in [0.25, 0.3) is 110 Å². The third-order valence-corrected chi connectivity index (χ3v) is 12.3. The van der Waals surface area contributed by atoms with E-state index in [1.165, 1.54) is 110 Å². The molecule has 2 aromatic heterocycles. The van der Waals surface area contributed by atoms with Gasteiger partial charge in [0.2, 0.25) is 0 Å². The second-order valence-corrected chi connectivity index (χ2v) is 15.8. The van der Waals surface area contributed by atoms with Crippen LogP contribution < -0.4 is 0 Å². The number of hydrogen-bond acceptors (Lipinski definition) is 0. The van der Waals surface area contributed by atoms with E-state index >= 15 is 0 Å². The van der Waals surface area contributed by atoms with E-state index in [2.05, 4.69) is 240 Å². The molecule has 0 aliphatic heterocycles. The number of hydrogen-bond donors (Lipinski definition) is 0. The Hall–Kier alpha value is -7.94. The van der Waals surface area contributed by atoms with Crippen LogP contribution in [0.15, 0.2) is 231 Å². The summed E-state index contributed by atoms with van der Waals surface area (Å²) in [6.45, 7) is 0. The molecule has 0 bridgehead atoms. The van der Waals surface area contributed by atoms with E-state index in [-0.39, 0.29) is 0 Å². The van der Waals surface area contributed by atoms with Gasteiger partial charge in [-0.15, -0.1) is 0 Å². The van der Waals surface area contributed by atoms with Gasteiger partial charge in [-0.3, -0.25) is 0 Å². The SMILES string of the molecule is c1ccc(-n2c3ccccc3c3ccc(-c4cccc(-c5ccc6cc(-c7cccc(-c8ccc9c%10ccccc%10n(-c%10ccccc%10)c9c8)c7)ccc6c5)c4)cc32)cc1. The zero-order valence-corrected chi connectivity index (χ0v) is 32.8. The Morgan fingerprint density at radius 3 is 0.967 bits per heavy atom. The first-order valence-electron chi connectivity index (χ1n) is 20.7. The highest BCUT2D eigenvalue weighted by atomic mass is 15.0. The average molecular weight is 763 g/mol. The van der Waals surface area contributed by atoms with Gasteiger partial charge in [-0.2, -0.15) is 0 Å². The van der Waals surface area contributed by atoms with Crippen LogP contribution in [0.4, 0.5) is 0 Å². The molecule has 12 rings (SSSR count). The first kappa shape index (κ1) is 34.1. The van der Waals surface area contributed by atoms with Gasteiger partial charge in [0.05, 0.1) is 22.1 Å². The maximum atomic E-state index is 2.39. The van der Waals surface area contributed by atoms with Gasteiger partial charge >= 0.3 is 0 Å². The zero-order valence-electron chi connectivity index (χ0n) is 32.8. The van der Waals surface area contributed by atoms with E-state index in [1.54, 1.807) is 0 Å². The van der Waals surface area contributed by atoms with Crippen LogP contribution in [0.3, 0.4) is 0 Å². The maximum absolute atomic E-state index is 2.39. The summed E-state index contributed by atoms with van der Waals surface area (Å²) in [6, 6.07) is 84.2. The quantitative estimate of drug-likeness (QED) is 0.160. The lowest BCUT2D eigenvalue weighted by Gasteiger charge is -2.11. The van der Waals surface area contributed by atoms with Gasteiger partial charge in [0, 0.05) is 32.9 Å². The third kappa shape index (κ3) is 5.65. The van der Waals surface area contributed by atoms with E-state index < -0.39 is 0 Å². The molecule has 0 aliphatic carbocycles. The molecule has 0 saturated carbocycles. The lowest BCUT2D eigenvalue weighted by molar-refractivity contribution is 1.18. The molecule has 0 atom stereocenters. The summed E-state index contributed by atoms with van der Waals surface area (Å²) < 4.78 is 4.77. The standard InChI is InChI=1S/C58H38N2/c1-3-17-49(18-4-1)59-55-23-9-7-21-51(55)53-31-29-47(37-57(53)59)41-15-11-13-39(33-41)43-25-27-46-36-44(26-28-45(46)35-43)40-14-12-16-42(34-40)48-30-32-54-52-22-8-10-24-56(52)60(58(54)38-48)50-19-5-2-6-20-50/h1-38H. The van der Waals surface area contributed by atoms with Crippen LogP contribution in [-0.4, -0.2) is 9.13 Å². The molecule has 2 nitrogen and oxygen atoms in total. The normalized spacial score (nSPS) is 11.7. The van der Waals surface area contributed by atoms with Crippen molar-refractivity contribution >= 4 is 54.4 Å². The highest BCUT2D eigenvalue weighted by Crippen LogP contribution is 2.38. The van der Waals surface area contributed by atoms with Gasteiger partial charge in [-0.1, -0.05) is 158 Å². The van der Waals surface area contributed by atoms with Crippen molar-refractivity contribution in [2.24, 2.45) is 0 Å². The second-order valence-electron chi connectivity index (χ2n) is 15.8. The van der Waals surface area contributed by atoms with Gasteiger partial charge in [-0.05, 0) is 128 Å². The van der Waals surface area contributed by atoms with Gasteiger partial charge in [0.25, 0.3) is 0 Å². The predicted octanol–water partition coefficient (Wildman–Crippen LogP) is 15.7. The Morgan fingerprint density at radius 1 is 0.200 bits per heavy atom. The summed E-state index contributed by atoms with van der Waals surface area (Å²) in [5.41, 5.74) is 16.9. The summed E-state index contributed by atoms with van der Waals surface area (Å²) >= 11 is 0. The summed E-state index contributed by atoms with van der Waals surface area (Å²) in [6.07, 6.45) is 0. The molecule has 0 radical (unpaired) electrons. The zero-order chi connectivity index (χ0) is 39.6. The maximum Gasteiger partial charge on any atom is 0.0547 e. The van der Waals surface area contributed by atoms with Crippen molar-refractivity contribution in [1.82, 2.24) is 9.13 Å². The van der Waals surface area contributed by atoms with Gasteiger partial charge in [0.15, 0.2) is 0 Å². The molecule has 0 amide bonds. The first-order chi connectivity index (χ1) is 29.7. The van der Waals surface area contributed by atoms with E-state index in [0.29, 0.717) is 0 Å². The van der Waals surface area contributed by atoms with Crippen LogP contribution in [0.5, 0.6) is 0 Å². The van der Waals surface area contributed by atoms with Crippen LogP contribution in [0.1, 0.15) is 0 Å². The molecule has 12 aromatic rings. The Morgan fingerprint density at radius 2 is 0.533 bits per heavy atom. The number of rotatable bonds is 6. The minimum atomic E-state index is 1.17. The fourth-order valence-corrected chi connectivity index (χ4v) is 9.37. The molecule has 280 valence electrons. The lowest BCUT2D eigenvalue weighted by Crippen LogP contribution is -1.93. The van der Waals surface area contributed by atoms with E-state index in [1.807, 2.05) is 0 Å². The molecule has 0 N–H and O–H groups in total. The van der Waals surface area contributed by atoms with Gasteiger partial charge in [0.1, 0.15) is 0 Å². The van der Waals surface area contributed by atoms with Crippen molar-refractivity contribution in [2.75, 3.05) is 0 Å². The van der Waals surface area contributed by atoms with Crippen molar-refractivity contribution in [2.45, 2.75) is 0 Å². The smallest absolute Gasteiger partial charge is 0.0547 e. The van der Waals surface area contributed by atoms with Crippen LogP contribution >= 0.6 is 0 Å². The first-order valence-corrected chi connectivity index (χ1v) is 20.7. The van der Waals surface area contributed by atoms with Crippen LogP contribution in [0, 0.1) is 0 Å². The molecule has 0 unspecified atom stereocenters. The summed E-state index contributed by atoms with van der Waals surface area (Å²) in [5, 5.41) is 7.52. The van der Waals surface area contributed by atoms with Crippen molar-refractivity contribution in [1.29, 1.82) is 0 Å². The van der Waals surface area contributed by atoms with Crippen molar-refractivity contribution in [3.8, 4) is 55.9 Å². The van der Waals surface area contributed by atoms with Crippen molar-refractivity contribution in [3.63, 3.8) is 0 Å². The topological polar surface area (TPSA) is 9.86 Å². The molecule has 0 spiro atoms. The lowest BCUT2D eigenvalue weighted by atomic mass is 9.94. The Balaban J connectivity index is 0.872. The average Bonchev–Trinajstić information content (AvgIpc) is 3.84. The highest BCUT2D eigenvalue weighted by Gasteiger charge is 2.15. The molecular formula is C58H38N2. The monoisotopic (exact) mass is 762 g/mol. The fourth-order valence-electron chi connectivity index (χ4n) is 9.37. The van der Waals surface area contributed by atoms with Crippen LogP contribution in [0.2, 0.25) is 0 Å². The Kier molecular flexibility index (Phi) is 7.89.